The molecule has 0 amide bonds. The van der Waals surface area contributed by atoms with Gasteiger partial charge in [0.25, 0.3) is 0 Å². The summed E-state index contributed by atoms with van der Waals surface area (Å²) in [5.74, 6) is -0.320. The predicted octanol–water partition coefficient (Wildman–Crippen LogP) is 0.137. The molecule has 0 saturated heterocycles. The van der Waals surface area contributed by atoms with Gasteiger partial charge in [0.15, 0.2) is 6.04 Å². The molecule has 1 aromatic heterocycles. The van der Waals surface area contributed by atoms with Crippen LogP contribution in [-0.2, 0) is 4.79 Å². The van der Waals surface area contributed by atoms with E-state index in [2.05, 4.69) is 15.8 Å². The lowest BCUT2D eigenvalue weighted by Crippen LogP contribution is -2.25. The van der Waals surface area contributed by atoms with Gasteiger partial charge in [-0.15, -0.1) is 0 Å². The number of hydrazine groups is 1. The quantitative estimate of drug-likeness (QED) is 0.551. The first-order valence-electron chi connectivity index (χ1n) is 3.48. The topological polar surface area (TPSA) is 74.2 Å². The van der Waals surface area contributed by atoms with Crippen molar-refractivity contribution in [3.63, 3.8) is 0 Å². The number of nitrogens with one attached hydrogen (secondary N) is 2. The molecule has 0 bridgehead atoms. The maximum absolute atomic E-state index is 10.6. The van der Waals surface area contributed by atoms with Crippen LogP contribution in [-0.4, -0.2) is 16.1 Å². The molecular formula is C7H7N3O2. The molecule has 5 heteroatoms. The first-order valence-corrected chi connectivity index (χ1v) is 3.48. The van der Waals surface area contributed by atoms with Crippen molar-refractivity contribution in [1.29, 1.82) is 0 Å². The smallest absolute Gasteiger partial charge is 0.327 e. The van der Waals surface area contributed by atoms with Crippen molar-refractivity contribution in [2.75, 3.05) is 5.43 Å². The molecule has 1 aliphatic rings. The number of hydrogen-bond acceptors (Lipinski definition) is 4. The average Bonchev–Trinajstić information content (AvgIpc) is 2.47. The molecule has 1 atom stereocenters. The summed E-state index contributed by atoms with van der Waals surface area (Å²) in [5.41, 5.74) is 5.97. The Labute approximate surface area is 68.4 Å². The Bertz CT molecular complexity index is 326. The number of pyridine rings is 1. The summed E-state index contributed by atoms with van der Waals surface area (Å²) in [6.45, 7) is 0. The molecule has 5 nitrogen and oxygen atoms in total. The fourth-order valence-electron chi connectivity index (χ4n) is 1.17. The second kappa shape index (κ2) is 2.46. The van der Waals surface area contributed by atoms with E-state index in [-0.39, 0.29) is 0 Å². The van der Waals surface area contributed by atoms with Gasteiger partial charge in [-0.25, -0.2) is 10.4 Å². The molecule has 12 heavy (non-hydrogen) atoms. The van der Waals surface area contributed by atoms with Gasteiger partial charge in [-0.2, -0.15) is 0 Å². The number of rotatable bonds is 1. The van der Waals surface area contributed by atoms with Crippen LogP contribution in [0.1, 0.15) is 11.6 Å². The fraction of sp³-hybridized carbons (Fsp3) is 0.143. The van der Waals surface area contributed by atoms with Crippen molar-refractivity contribution < 1.29 is 9.90 Å². The number of carboxylic acid groups (broad SMARTS) is 1. The SMILES string of the molecule is O=C(O)C1NNc2ncccc21. The zero-order chi connectivity index (χ0) is 8.55. The van der Waals surface area contributed by atoms with Crippen LogP contribution in [0.2, 0.25) is 0 Å². The van der Waals surface area contributed by atoms with Crippen LogP contribution < -0.4 is 10.9 Å². The molecule has 0 aliphatic carbocycles. The largest absolute Gasteiger partial charge is 0.480 e. The normalized spacial score (nSPS) is 19.8. The molecule has 0 spiro atoms. The molecule has 0 fully saturated rings. The minimum absolute atomic E-state index is 0.588. The van der Waals surface area contributed by atoms with Crippen molar-refractivity contribution >= 4 is 11.8 Å². The van der Waals surface area contributed by atoms with Gasteiger partial charge in [-0.1, -0.05) is 6.07 Å². The number of aromatic nitrogens is 1. The van der Waals surface area contributed by atoms with Crippen LogP contribution >= 0.6 is 0 Å². The van der Waals surface area contributed by atoms with E-state index in [1.165, 1.54) is 0 Å². The van der Waals surface area contributed by atoms with Gasteiger partial charge in [-0.3, -0.25) is 4.79 Å². The van der Waals surface area contributed by atoms with Crippen LogP contribution in [0.15, 0.2) is 18.3 Å². The van der Waals surface area contributed by atoms with Gasteiger partial charge < -0.3 is 10.5 Å². The third kappa shape index (κ3) is 0.911. The van der Waals surface area contributed by atoms with E-state index < -0.39 is 12.0 Å². The highest BCUT2D eigenvalue weighted by Gasteiger charge is 2.28. The number of nitrogens with zero attached hydrogens (tertiary/aromatic N) is 1. The van der Waals surface area contributed by atoms with Gasteiger partial charge in [0.1, 0.15) is 5.82 Å². The molecular weight excluding hydrogens is 158 g/mol. The predicted molar refractivity (Wildman–Crippen MR) is 41.4 cm³/mol. The highest BCUT2D eigenvalue weighted by molar-refractivity contribution is 5.79. The van der Waals surface area contributed by atoms with Gasteiger partial charge in [0.2, 0.25) is 0 Å². The zero-order valence-corrected chi connectivity index (χ0v) is 6.11. The van der Waals surface area contributed by atoms with E-state index in [1.807, 2.05) is 0 Å². The molecule has 62 valence electrons. The maximum Gasteiger partial charge on any atom is 0.327 e. The Hall–Kier alpha value is -1.62. The third-order valence-electron chi connectivity index (χ3n) is 1.73. The number of hydrogen-bond donors (Lipinski definition) is 3. The van der Waals surface area contributed by atoms with Crippen LogP contribution in [0.4, 0.5) is 5.82 Å². The second-order valence-electron chi connectivity index (χ2n) is 2.48. The van der Waals surface area contributed by atoms with Gasteiger partial charge in [0.05, 0.1) is 0 Å². The summed E-state index contributed by atoms with van der Waals surface area (Å²) in [6.07, 6.45) is 1.61. The van der Waals surface area contributed by atoms with E-state index in [4.69, 9.17) is 5.11 Å². The molecule has 1 aromatic rings. The van der Waals surface area contributed by atoms with E-state index >= 15 is 0 Å². The van der Waals surface area contributed by atoms with Crippen molar-refractivity contribution in [1.82, 2.24) is 10.4 Å². The van der Waals surface area contributed by atoms with Crippen LogP contribution in [0, 0.1) is 0 Å². The Kier molecular flexibility index (Phi) is 1.44. The van der Waals surface area contributed by atoms with E-state index in [0.29, 0.717) is 11.4 Å². The monoisotopic (exact) mass is 165 g/mol. The highest BCUT2D eigenvalue weighted by Crippen LogP contribution is 2.25. The highest BCUT2D eigenvalue weighted by atomic mass is 16.4. The third-order valence-corrected chi connectivity index (χ3v) is 1.73. The van der Waals surface area contributed by atoms with E-state index in [1.54, 1.807) is 18.3 Å². The number of carbonyl (C=O) groups is 1. The first-order chi connectivity index (χ1) is 5.79. The first kappa shape index (κ1) is 7.05. The summed E-state index contributed by atoms with van der Waals surface area (Å²) >= 11 is 0. The molecule has 0 aromatic carbocycles. The number of carboxylic acids is 1. The molecule has 3 N–H and O–H groups in total. The summed E-state index contributed by atoms with van der Waals surface area (Å²) < 4.78 is 0. The maximum atomic E-state index is 10.6. The van der Waals surface area contributed by atoms with Gasteiger partial charge in [0, 0.05) is 11.8 Å². The summed E-state index contributed by atoms with van der Waals surface area (Å²) in [5, 5.41) is 8.73. The zero-order valence-electron chi connectivity index (χ0n) is 6.11. The lowest BCUT2D eigenvalue weighted by Gasteiger charge is -2.01. The van der Waals surface area contributed by atoms with E-state index in [9.17, 15) is 4.79 Å². The van der Waals surface area contributed by atoms with Crippen molar-refractivity contribution in [3.8, 4) is 0 Å². The van der Waals surface area contributed by atoms with Crippen LogP contribution in [0.25, 0.3) is 0 Å². The Morgan fingerprint density at radius 3 is 3.25 bits per heavy atom. The molecule has 2 heterocycles. The summed E-state index contributed by atoms with van der Waals surface area (Å²) in [7, 11) is 0. The van der Waals surface area contributed by atoms with Crippen LogP contribution in [0.5, 0.6) is 0 Å². The summed E-state index contributed by atoms with van der Waals surface area (Å²) in [4.78, 5) is 14.6. The Balaban J connectivity index is 2.42. The molecule has 0 radical (unpaired) electrons. The minimum Gasteiger partial charge on any atom is -0.480 e. The Morgan fingerprint density at radius 2 is 2.50 bits per heavy atom. The molecule has 0 saturated carbocycles. The van der Waals surface area contributed by atoms with Crippen molar-refractivity contribution in [2.24, 2.45) is 0 Å². The lowest BCUT2D eigenvalue weighted by atomic mass is 10.1. The minimum atomic E-state index is -0.908. The molecule has 2 rings (SSSR count). The fourth-order valence-corrected chi connectivity index (χ4v) is 1.17. The number of anilines is 1. The molecule has 1 unspecified atom stereocenters. The number of fused-ring (bicyclic) bond motifs is 1. The average molecular weight is 165 g/mol. The summed E-state index contributed by atoms with van der Waals surface area (Å²) in [6, 6.07) is 2.76. The van der Waals surface area contributed by atoms with Crippen molar-refractivity contribution in [3.05, 3.63) is 23.9 Å². The van der Waals surface area contributed by atoms with Crippen LogP contribution in [0.3, 0.4) is 0 Å². The van der Waals surface area contributed by atoms with Crippen molar-refractivity contribution in [2.45, 2.75) is 6.04 Å². The number of aliphatic carboxylic acids is 1. The van der Waals surface area contributed by atoms with Gasteiger partial charge in [-0.05, 0) is 6.07 Å². The standard InChI is InChI=1S/C7H7N3O2/c11-7(12)5-4-2-1-3-8-6(4)10-9-5/h1-3,5,9H,(H,8,10)(H,11,12). The second-order valence-corrected chi connectivity index (χ2v) is 2.48. The van der Waals surface area contributed by atoms with E-state index in [0.717, 1.165) is 0 Å². The van der Waals surface area contributed by atoms with Gasteiger partial charge >= 0.3 is 5.97 Å². The lowest BCUT2D eigenvalue weighted by molar-refractivity contribution is -0.139. The molecule has 1 aliphatic heterocycles. The Morgan fingerprint density at radius 1 is 1.67 bits per heavy atom.